The smallest absolute Gasteiger partial charge is 0.274 e. The second kappa shape index (κ2) is 6.73. The van der Waals surface area contributed by atoms with E-state index in [1.54, 1.807) is 25.2 Å². The quantitative estimate of drug-likeness (QED) is 0.923. The van der Waals surface area contributed by atoms with E-state index in [0.717, 1.165) is 12.8 Å². The Bertz CT molecular complexity index is 734. The minimum atomic E-state index is -0.233. The zero-order valence-electron chi connectivity index (χ0n) is 13.6. The number of nitrogens with zero attached hydrogens (tertiary/aromatic N) is 2. The number of amides is 1. The molecular weight excluding hydrogens is 278 g/mol. The molecule has 0 bridgehead atoms. The number of nitrogens with one attached hydrogen (secondary N) is 1. The second-order valence-electron chi connectivity index (χ2n) is 6.17. The summed E-state index contributed by atoms with van der Waals surface area (Å²) in [5.74, 6) is 0.374. The topological polar surface area (TPSA) is 64.0 Å². The van der Waals surface area contributed by atoms with E-state index in [2.05, 4.69) is 24.3 Å². The van der Waals surface area contributed by atoms with E-state index in [-0.39, 0.29) is 17.5 Å². The van der Waals surface area contributed by atoms with E-state index in [9.17, 15) is 9.59 Å². The Morgan fingerprint density at radius 2 is 1.82 bits per heavy atom. The Morgan fingerprint density at radius 1 is 1.18 bits per heavy atom. The molecule has 2 aromatic rings. The third-order valence-electron chi connectivity index (χ3n) is 3.73. The van der Waals surface area contributed by atoms with Crippen molar-refractivity contribution in [3.63, 3.8) is 0 Å². The van der Waals surface area contributed by atoms with Gasteiger partial charge in [-0.25, -0.2) is 4.68 Å². The van der Waals surface area contributed by atoms with Gasteiger partial charge in [-0.15, -0.1) is 0 Å². The molecule has 5 heteroatoms. The highest BCUT2D eigenvalue weighted by Crippen LogP contribution is 2.13. The van der Waals surface area contributed by atoms with Gasteiger partial charge in [0.2, 0.25) is 0 Å². The summed E-state index contributed by atoms with van der Waals surface area (Å²) in [5, 5.41) is 8.23. The van der Waals surface area contributed by atoms with E-state index in [0.29, 0.717) is 22.4 Å². The average Bonchev–Trinajstić information content (AvgIpc) is 2.48. The van der Waals surface area contributed by atoms with Crippen molar-refractivity contribution in [3.05, 3.63) is 40.3 Å². The van der Waals surface area contributed by atoms with Crippen LogP contribution >= 0.6 is 0 Å². The molecule has 1 aromatic heterocycles. The molecule has 1 unspecified atom stereocenters. The summed E-state index contributed by atoms with van der Waals surface area (Å²) in [7, 11) is 1.56. The summed E-state index contributed by atoms with van der Waals surface area (Å²) in [6.07, 6.45) is 1.98. The molecule has 2 rings (SSSR count). The van der Waals surface area contributed by atoms with Gasteiger partial charge in [-0.3, -0.25) is 9.59 Å². The van der Waals surface area contributed by atoms with Gasteiger partial charge in [0.05, 0.1) is 5.39 Å². The molecule has 22 heavy (non-hydrogen) atoms. The maximum Gasteiger partial charge on any atom is 0.274 e. The lowest BCUT2D eigenvalue weighted by molar-refractivity contribution is 0.0932. The number of aromatic nitrogens is 2. The maximum atomic E-state index is 12.5. The van der Waals surface area contributed by atoms with E-state index in [1.807, 2.05) is 13.0 Å². The highest BCUT2D eigenvalue weighted by molar-refractivity contribution is 6.04. The molecule has 5 nitrogen and oxygen atoms in total. The second-order valence-corrected chi connectivity index (χ2v) is 6.17. The fraction of sp³-hybridized carbons (Fsp3) is 0.471. The fourth-order valence-electron chi connectivity index (χ4n) is 2.42. The van der Waals surface area contributed by atoms with Gasteiger partial charge >= 0.3 is 0 Å². The minimum Gasteiger partial charge on any atom is -0.348 e. The maximum absolute atomic E-state index is 12.5. The SMILES string of the molecule is CC(C)CCC(C)NC(=O)c1nn(C)c(=O)c2ccccc12. The molecular formula is C17H23N3O2. The van der Waals surface area contributed by atoms with Crippen molar-refractivity contribution >= 4 is 16.7 Å². The predicted octanol–water partition coefficient (Wildman–Crippen LogP) is 2.49. The first-order valence-electron chi connectivity index (χ1n) is 7.67. The van der Waals surface area contributed by atoms with Crippen LogP contribution < -0.4 is 10.9 Å². The highest BCUT2D eigenvalue weighted by Gasteiger charge is 2.17. The van der Waals surface area contributed by atoms with Crippen LogP contribution in [0.25, 0.3) is 10.8 Å². The van der Waals surface area contributed by atoms with Crippen molar-refractivity contribution in [2.45, 2.75) is 39.7 Å². The lowest BCUT2D eigenvalue weighted by atomic mass is 10.0. The highest BCUT2D eigenvalue weighted by atomic mass is 16.2. The van der Waals surface area contributed by atoms with Gasteiger partial charge in [0, 0.05) is 18.5 Å². The molecule has 0 radical (unpaired) electrons. The minimum absolute atomic E-state index is 0.0766. The van der Waals surface area contributed by atoms with Crippen LogP contribution in [0, 0.1) is 5.92 Å². The van der Waals surface area contributed by atoms with Crippen molar-refractivity contribution in [2.24, 2.45) is 13.0 Å². The summed E-state index contributed by atoms with van der Waals surface area (Å²) in [5.41, 5.74) is 0.106. The molecule has 1 N–H and O–H groups in total. The van der Waals surface area contributed by atoms with E-state index in [4.69, 9.17) is 0 Å². The van der Waals surface area contributed by atoms with Crippen molar-refractivity contribution in [1.82, 2.24) is 15.1 Å². The van der Waals surface area contributed by atoms with Gasteiger partial charge in [0.15, 0.2) is 5.69 Å². The van der Waals surface area contributed by atoms with Crippen LogP contribution in [-0.4, -0.2) is 21.7 Å². The van der Waals surface area contributed by atoms with Crippen molar-refractivity contribution in [3.8, 4) is 0 Å². The van der Waals surface area contributed by atoms with Crippen LogP contribution in [0.4, 0.5) is 0 Å². The molecule has 1 heterocycles. The first kappa shape index (κ1) is 16.2. The van der Waals surface area contributed by atoms with E-state index >= 15 is 0 Å². The standard InChI is InChI=1S/C17H23N3O2/c1-11(2)9-10-12(3)18-16(21)15-13-7-5-6-8-14(13)17(22)20(4)19-15/h5-8,11-12H,9-10H2,1-4H3,(H,18,21). The molecule has 118 valence electrons. The molecule has 1 aromatic carbocycles. The summed E-state index contributed by atoms with van der Waals surface area (Å²) in [6, 6.07) is 7.15. The Morgan fingerprint density at radius 3 is 2.45 bits per heavy atom. The number of hydrogen-bond donors (Lipinski definition) is 1. The lowest BCUT2D eigenvalue weighted by Crippen LogP contribution is -2.35. The molecule has 0 spiro atoms. The van der Waals surface area contributed by atoms with Crippen molar-refractivity contribution in [2.75, 3.05) is 0 Å². The molecule has 0 fully saturated rings. The molecule has 1 amide bonds. The summed E-state index contributed by atoms with van der Waals surface area (Å²) in [4.78, 5) is 24.6. The number of fused-ring (bicyclic) bond motifs is 1. The number of carbonyl (C=O) groups excluding carboxylic acids is 1. The third-order valence-corrected chi connectivity index (χ3v) is 3.73. The average molecular weight is 301 g/mol. The third kappa shape index (κ3) is 3.53. The number of aryl methyl sites for hydroxylation is 1. The van der Waals surface area contributed by atoms with Gasteiger partial charge in [0.25, 0.3) is 11.5 Å². The number of rotatable bonds is 5. The normalized spacial score (nSPS) is 12.6. The number of benzene rings is 1. The number of hydrogen-bond acceptors (Lipinski definition) is 3. The Balaban J connectivity index is 2.29. The van der Waals surface area contributed by atoms with Gasteiger partial charge in [-0.05, 0) is 31.7 Å². The first-order chi connectivity index (χ1) is 10.4. The first-order valence-corrected chi connectivity index (χ1v) is 7.67. The van der Waals surface area contributed by atoms with Crippen LogP contribution in [0.5, 0.6) is 0 Å². The van der Waals surface area contributed by atoms with Gasteiger partial charge in [-0.1, -0.05) is 32.0 Å². The molecule has 0 aliphatic carbocycles. The van der Waals surface area contributed by atoms with Crippen molar-refractivity contribution in [1.29, 1.82) is 0 Å². The largest absolute Gasteiger partial charge is 0.348 e. The Labute approximate surface area is 130 Å². The Hall–Kier alpha value is -2.17. The lowest BCUT2D eigenvalue weighted by Gasteiger charge is -2.15. The van der Waals surface area contributed by atoms with Crippen LogP contribution in [0.3, 0.4) is 0 Å². The monoisotopic (exact) mass is 301 g/mol. The van der Waals surface area contributed by atoms with Crippen molar-refractivity contribution < 1.29 is 4.79 Å². The fourth-order valence-corrected chi connectivity index (χ4v) is 2.42. The summed E-state index contributed by atoms with van der Waals surface area (Å²) < 4.78 is 1.22. The van der Waals surface area contributed by atoms with Gasteiger partial charge in [-0.2, -0.15) is 5.10 Å². The predicted molar refractivity (Wildman–Crippen MR) is 88.0 cm³/mol. The summed E-state index contributed by atoms with van der Waals surface area (Å²) >= 11 is 0. The van der Waals surface area contributed by atoms with Gasteiger partial charge in [0.1, 0.15) is 0 Å². The van der Waals surface area contributed by atoms with E-state index < -0.39 is 0 Å². The van der Waals surface area contributed by atoms with Crippen LogP contribution in [0.15, 0.2) is 29.1 Å². The number of carbonyl (C=O) groups is 1. The van der Waals surface area contributed by atoms with Crippen LogP contribution in [0.1, 0.15) is 44.1 Å². The van der Waals surface area contributed by atoms with E-state index in [1.165, 1.54) is 4.68 Å². The van der Waals surface area contributed by atoms with Crippen LogP contribution in [0.2, 0.25) is 0 Å². The molecule has 0 aliphatic rings. The summed E-state index contributed by atoms with van der Waals surface area (Å²) in [6.45, 7) is 6.32. The molecule has 1 atom stereocenters. The Kier molecular flexibility index (Phi) is 4.96. The van der Waals surface area contributed by atoms with Crippen LogP contribution in [-0.2, 0) is 7.05 Å². The molecule has 0 saturated carbocycles. The zero-order valence-corrected chi connectivity index (χ0v) is 13.6. The zero-order chi connectivity index (χ0) is 16.3. The van der Waals surface area contributed by atoms with Gasteiger partial charge < -0.3 is 5.32 Å². The molecule has 0 aliphatic heterocycles. The molecule has 0 saturated heterocycles.